The first-order chi connectivity index (χ1) is 9.50. The molecule has 1 fully saturated rings. The predicted octanol–water partition coefficient (Wildman–Crippen LogP) is 2.97. The van der Waals surface area contributed by atoms with Crippen molar-refractivity contribution in [3.8, 4) is 0 Å². The van der Waals surface area contributed by atoms with Crippen LogP contribution in [0.3, 0.4) is 0 Å². The Bertz CT molecular complexity index is 460. The second-order valence-corrected chi connectivity index (χ2v) is 8.09. The van der Waals surface area contributed by atoms with Gasteiger partial charge in [-0.25, -0.2) is 4.98 Å². The summed E-state index contributed by atoms with van der Waals surface area (Å²) >= 11 is 3.65. The molecule has 0 bridgehead atoms. The first kappa shape index (κ1) is 15.6. The SMILES string of the molecule is CCOC(=O)Cc1csc(N2CCSC(C)(C)CC2)n1. The number of carbonyl (C=O) groups excluding carboxylic acids is 1. The quantitative estimate of drug-likeness (QED) is 0.799. The Morgan fingerprint density at radius 1 is 1.50 bits per heavy atom. The van der Waals surface area contributed by atoms with Crippen LogP contribution in [-0.2, 0) is 16.0 Å². The normalized spacial score (nSPS) is 18.6. The molecule has 0 amide bonds. The molecule has 20 heavy (non-hydrogen) atoms. The summed E-state index contributed by atoms with van der Waals surface area (Å²) in [5, 5.41) is 3.00. The lowest BCUT2D eigenvalue weighted by Gasteiger charge is -2.22. The minimum atomic E-state index is -0.197. The van der Waals surface area contributed by atoms with E-state index in [9.17, 15) is 4.79 Å². The standard InChI is InChI=1S/C14H22N2O2S2/c1-4-18-12(17)9-11-10-19-13(15-11)16-6-5-14(2,3)20-8-7-16/h10H,4-9H2,1-3H3. The third-order valence-corrected chi connectivity index (χ3v) is 5.60. The molecule has 1 saturated heterocycles. The lowest BCUT2D eigenvalue weighted by molar-refractivity contribution is -0.142. The van der Waals surface area contributed by atoms with Crippen molar-refractivity contribution >= 4 is 34.2 Å². The van der Waals surface area contributed by atoms with Crippen molar-refractivity contribution in [3.05, 3.63) is 11.1 Å². The summed E-state index contributed by atoms with van der Waals surface area (Å²) in [7, 11) is 0. The maximum Gasteiger partial charge on any atom is 0.311 e. The van der Waals surface area contributed by atoms with Crippen LogP contribution in [0.25, 0.3) is 0 Å². The third-order valence-electron chi connectivity index (χ3n) is 3.28. The molecule has 0 aromatic carbocycles. The van der Waals surface area contributed by atoms with Crippen molar-refractivity contribution in [2.24, 2.45) is 0 Å². The van der Waals surface area contributed by atoms with Crippen LogP contribution in [0.2, 0.25) is 0 Å². The second kappa shape index (κ2) is 6.80. The molecule has 2 rings (SSSR count). The number of carbonyl (C=O) groups is 1. The Labute approximate surface area is 128 Å². The Balaban J connectivity index is 1.96. The van der Waals surface area contributed by atoms with Crippen molar-refractivity contribution < 1.29 is 9.53 Å². The van der Waals surface area contributed by atoms with Crippen LogP contribution >= 0.6 is 23.1 Å². The molecule has 4 nitrogen and oxygen atoms in total. The van der Waals surface area contributed by atoms with Crippen LogP contribution in [0.1, 0.15) is 32.9 Å². The van der Waals surface area contributed by atoms with Crippen LogP contribution in [-0.4, -0.2) is 41.1 Å². The number of esters is 1. The molecule has 0 saturated carbocycles. The summed E-state index contributed by atoms with van der Waals surface area (Å²) in [6.07, 6.45) is 1.43. The van der Waals surface area contributed by atoms with Gasteiger partial charge >= 0.3 is 5.97 Å². The fourth-order valence-corrected chi connectivity index (χ4v) is 4.07. The first-order valence-electron chi connectivity index (χ1n) is 6.99. The van der Waals surface area contributed by atoms with E-state index in [4.69, 9.17) is 4.74 Å². The summed E-state index contributed by atoms with van der Waals surface area (Å²) in [4.78, 5) is 18.4. The van der Waals surface area contributed by atoms with Crippen molar-refractivity contribution in [3.63, 3.8) is 0 Å². The number of thiazole rings is 1. The van der Waals surface area contributed by atoms with E-state index in [0.717, 1.165) is 36.1 Å². The zero-order valence-corrected chi connectivity index (χ0v) is 14.0. The number of hydrogen-bond acceptors (Lipinski definition) is 6. The number of anilines is 1. The number of nitrogens with zero attached hydrogens (tertiary/aromatic N) is 2. The molecule has 112 valence electrons. The van der Waals surface area contributed by atoms with E-state index < -0.39 is 0 Å². The molecule has 1 aliphatic heterocycles. The smallest absolute Gasteiger partial charge is 0.311 e. The van der Waals surface area contributed by atoms with Gasteiger partial charge in [0.25, 0.3) is 0 Å². The third kappa shape index (κ3) is 4.38. The van der Waals surface area contributed by atoms with Gasteiger partial charge in [-0.1, -0.05) is 13.8 Å². The summed E-state index contributed by atoms with van der Waals surface area (Å²) in [6.45, 7) is 8.91. The fourth-order valence-electron chi connectivity index (χ4n) is 2.09. The Morgan fingerprint density at radius 2 is 2.30 bits per heavy atom. The molecule has 2 heterocycles. The van der Waals surface area contributed by atoms with E-state index in [0.29, 0.717) is 11.4 Å². The average Bonchev–Trinajstić information content (AvgIpc) is 2.74. The largest absolute Gasteiger partial charge is 0.466 e. The van der Waals surface area contributed by atoms with Gasteiger partial charge < -0.3 is 9.64 Å². The van der Waals surface area contributed by atoms with Crippen molar-refractivity contribution in [1.29, 1.82) is 0 Å². The zero-order chi connectivity index (χ0) is 14.6. The highest BCUT2D eigenvalue weighted by atomic mass is 32.2. The maximum absolute atomic E-state index is 11.5. The lowest BCUT2D eigenvalue weighted by atomic mass is 10.1. The van der Waals surface area contributed by atoms with Gasteiger partial charge in [-0.3, -0.25) is 4.79 Å². The molecule has 1 aliphatic rings. The molecule has 1 aromatic rings. The molecule has 0 spiro atoms. The minimum Gasteiger partial charge on any atom is -0.466 e. The van der Waals surface area contributed by atoms with E-state index in [2.05, 4.69) is 23.7 Å². The van der Waals surface area contributed by atoms with E-state index >= 15 is 0 Å². The van der Waals surface area contributed by atoms with Gasteiger partial charge in [0.1, 0.15) is 0 Å². The van der Waals surface area contributed by atoms with E-state index in [-0.39, 0.29) is 12.4 Å². The highest BCUT2D eigenvalue weighted by molar-refractivity contribution is 8.00. The molecule has 0 N–H and O–H groups in total. The van der Waals surface area contributed by atoms with Crippen LogP contribution < -0.4 is 4.90 Å². The molecule has 0 radical (unpaired) electrons. The van der Waals surface area contributed by atoms with Crippen molar-refractivity contribution in [1.82, 2.24) is 4.98 Å². The molecule has 1 aromatic heterocycles. The summed E-state index contributed by atoms with van der Waals surface area (Å²) in [6, 6.07) is 0. The number of rotatable bonds is 4. The van der Waals surface area contributed by atoms with Gasteiger partial charge in [-0.05, 0) is 13.3 Å². The molecular formula is C14H22N2O2S2. The topological polar surface area (TPSA) is 42.4 Å². The highest BCUT2D eigenvalue weighted by Crippen LogP contribution is 2.33. The lowest BCUT2D eigenvalue weighted by Crippen LogP contribution is -2.26. The van der Waals surface area contributed by atoms with E-state index in [1.165, 1.54) is 0 Å². The number of hydrogen-bond donors (Lipinski definition) is 0. The van der Waals surface area contributed by atoms with Gasteiger partial charge in [-0.15, -0.1) is 11.3 Å². The Hall–Kier alpha value is -0.750. The predicted molar refractivity (Wildman–Crippen MR) is 85.8 cm³/mol. The maximum atomic E-state index is 11.5. The number of thioether (sulfide) groups is 1. The molecular weight excluding hydrogens is 292 g/mol. The Morgan fingerprint density at radius 3 is 3.05 bits per heavy atom. The monoisotopic (exact) mass is 314 g/mol. The van der Waals surface area contributed by atoms with Crippen LogP contribution in [0.5, 0.6) is 0 Å². The van der Waals surface area contributed by atoms with Gasteiger partial charge in [0.15, 0.2) is 5.13 Å². The van der Waals surface area contributed by atoms with Crippen LogP contribution in [0, 0.1) is 0 Å². The number of aromatic nitrogens is 1. The highest BCUT2D eigenvalue weighted by Gasteiger charge is 2.25. The van der Waals surface area contributed by atoms with Crippen molar-refractivity contribution in [2.75, 3.05) is 30.3 Å². The van der Waals surface area contributed by atoms with Gasteiger partial charge in [0, 0.05) is 29.0 Å². The summed E-state index contributed by atoms with van der Waals surface area (Å²) in [5.74, 6) is 0.927. The second-order valence-electron chi connectivity index (χ2n) is 5.45. The fraction of sp³-hybridized carbons (Fsp3) is 0.714. The molecule has 6 heteroatoms. The molecule has 0 unspecified atom stereocenters. The molecule has 0 atom stereocenters. The van der Waals surface area contributed by atoms with Crippen LogP contribution in [0.4, 0.5) is 5.13 Å². The van der Waals surface area contributed by atoms with Gasteiger partial charge in [0.05, 0.1) is 18.7 Å². The molecule has 0 aliphatic carbocycles. The Kier molecular flexibility index (Phi) is 5.32. The first-order valence-corrected chi connectivity index (χ1v) is 8.85. The minimum absolute atomic E-state index is 0.197. The van der Waals surface area contributed by atoms with Gasteiger partial charge in [0.2, 0.25) is 0 Å². The summed E-state index contributed by atoms with van der Waals surface area (Å²) < 4.78 is 5.30. The van der Waals surface area contributed by atoms with Crippen molar-refractivity contribution in [2.45, 2.75) is 38.4 Å². The van der Waals surface area contributed by atoms with Gasteiger partial charge in [-0.2, -0.15) is 11.8 Å². The van der Waals surface area contributed by atoms with Crippen LogP contribution in [0.15, 0.2) is 5.38 Å². The average molecular weight is 314 g/mol. The zero-order valence-electron chi connectivity index (χ0n) is 12.3. The van der Waals surface area contributed by atoms with E-state index in [1.807, 2.05) is 24.1 Å². The summed E-state index contributed by atoms with van der Waals surface area (Å²) in [5.41, 5.74) is 0.819. The number of ether oxygens (including phenoxy) is 1. The van der Waals surface area contributed by atoms with E-state index in [1.54, 1.807) is 11.3 Å².